The Hall–Kier alpha value is -2.32. The molecule has 26 heavy (non-hydrogen) atoms. The van der Waals surface area contributed by atoms with Crippen molar-refractivity contribution in [1.29, 1.82) is 0 Å². The summed E-state index contributed by atoms with van der Waals surface area (Å²) in [5, 5.41) is 3.02. The van der Waals surface area contributed by atoms with Crippen LogP contribution in [0.2, 0.25) is 0 Å². The number of anilines is 1. The second kappa shape index (κ2) is 7.92. The zero-order chi connectivity index (χ0) is 18.6. The van der Waals surface area contributed by atoms with Gasteiger partial charge in [0.1, 0.15) is 5.82 Å². The van der Waals surface area contributed by atoms with Crippen molar-refractivity contribution >= 4 is 42.4 Å². The van der Waals surface area contributed by atoms with Crippen LogP contribution in [0.15, 0.2) is 48.5 Å². The smallest absolute Gasteiger partial charge is 0.226 e. The molecule has 0 aliphatic carbocycles. The topological polar surface area (TPSA) is 76.1 Å². The van der Waals surface area contributed by atoms with Crippen LogP contribution in [0, 0.1) is 5.82 Å². The lowest BCUT2D eigenvalue weighted by molar-refractivity contribution is -0.116. The number of halogens is 1. The molecular formula is C18H17FN2O3S2. The van der Waals surface area contributed by atoms with E-state index in [0.717, 1.165) is 5.56 Å². The van der Waals surface area contributed by atoms with Crippen LogP contribution in [-0.4, -0.2) is 25.1 Å². The van der Waals surface area contributed by atoms with Crippen LogP contribution in [0.3, 0.4) is 0 Å². The average molecular weight is 392 g/mol. The van der Waals surface area contributed by atoms with Crippen LogP contribution < -0.4 is 5.32 Å². The van der Waals surface area contributed by atoms with Crippen molar-refractivity contribution < 1.29 is 17.6 Å². The fourth-order valence-electron chi connectivity index (χ4n) is 2.49. The molecule has 0 bridgehead atoms. The Labute approximate surface area is 154 Å². The molecule has 5 nitrogen and oxygen atoms in total. The van der Waals surface area contributed by atoms with Crippen LogP contribution in [0.1, 0.15) is 18.4 Å². The summed E-state index contributed by atoms with van der Waals surface area (Å²) in [7, 11) is -3.26. The maximum Gasteiger partial charge on any atom is 0.226 e. The van der Waals surface area contributed by atoms with Crippen LogP contribution in [0.4, 0.5) is 9.52 Å². The first-order valence-electron chi connectivity index (χ1n) is 8.02. The summed E-state index contributed by atoms with van der Waals surface area (Å²) in [6, 6.07) is 13.2. The van der Waals surface area contributed by atoms with E-state index in [2.05, 4.69) is 10.3 Å². The number of hydrogen-bond acceptors (Lipinski definition) is 5. The zero-order valence-corrected chi connectivity index (χ0v) is 15.4. The second-order valence-corrected chi connectivity index (χ2v) is 9.08. The first-order chi connectivity index (χ1) is 12.4. The number of nitrogens with zero attached hydrogens (tertiary/aromatic N) is 1. The molecule has 0 radical (unpaired) electrons. The standard InChI is InChI=1S/C18H17FN2O3S2/c19-14-8-9-15-16(11-14)25-18(20-15)21-17(22)7-4-10-26(23,24)12-13-5-2-1-3-6-13/h1-3,5-6,8-9,11H,4,7,10,12H2,(H,20,21,22). The molecule has 0 aliphatic heterocycles. The van der Waals surface area contributed by atoms with Crippen LogP contribution in [0.5, 0.6) is 0 Å². The molecule has 0 unspecified atom stereocenters. The van der Waals surface area contributed by atoms with Gasteiger partial charge in [-0.25, -0.2) is 17.8 Å². The van der Waals surface area contributed by atoms with Gasteiger partial charge in [-0.2, -0.15) is 0 Å². The van der Waals surface area contributed by atoms with Gasteiger partial charge in [0.25, 0.3) is 0 Å². The molecule has 1 aromatic heterocycles. The van der Waals surface area contributed by atoms with Gasteiger partial charge in [-0.15, -0.1) is 0 Å². The molecule has 0 atom stereocenters. The molecule has 0 spiro atoms. The van der Waals surface area contributed by atoms with Crippen molar-refractivity contribution in [3.8, 4) is 0 Å². The monoisotopic (exact) mass is 392 g/mol. The molecule has 2 aromatic carbocycles. The molecule has 3 aromatic rings. The minimum absolute atomic E-state index is 0.0289. The number of carbonyl (C=O) groups excluding carboxylic acids is 1. The summed E-state index contributed by atoms with van der Waals surface area (Å²) in [5.41, 5.74) is 1.34. The van der Waals surface area contributed by atoms with Gasteiger partial charge >= 0.3 is 0 Å². The van der Waals surface area contributed by atoms with Crippen molar-refractivity contribution in [3.05, 3.63) is 59.9 Å². The number of fused-ring (bicyclic) bond motifs is 1. The van der Waals surface area contributed by atoms with E-state index in [-0.39, 0.29) is 36.1 Å². The summed E-state index contributed by atoms with van der Waals surface area (Å²) >= 11 is 1.18. The number of amides is 1. The van der Waals surface area contributed by atoms with Gasteiger partial charge in [0.15, 0.2) is 15.0 Å². The Bertz CT molecular complexity index is 1020. The van der Waals surface area contributed by atoms with E-state index in [9.17, 15) is 17.6 Å². The largest absolute Gasteiger partial charge is 0.302 e. The Morgan fingerprint density at radius 1 is 1.15 bits per heavy atom. The lowest BCUT2D eigenvalue weighted by Crippen LogP contribution is -2.15. The van der Waals surface area contributed by atoms with Crippen molar-refractivity contribution in [3.63, 3.8) is 0 Å². The molecule has 0 saturated carbocycles. The van der Waals surface area contributed by atoms with Gasteiger partial charge in [0.2, 0.25) is 5.91 Å². The Morgan fingerprint density at radius 3 is 2.69 bits per heavy atom. The molecule has 8 heteroatoms. The predicted molar refractivity (Wildman–Crippen MR) is 101 cm³/mol. The molecule has 0 aliphatic rings. The molecular weight excluding hydrogens is 375 g/mol. The fourth-order valence-corrected chi connectivity index (χ4v) is 4.82. The fraction of sp³-hybridized carbons (Fsp3) is 0.222. The first kappa shape index (κ1) is 18.5. The summed E-state index contributed by atoms with van der Waals surface area (Å²) < 4.78 is 38.0. The number of sulfone groups is 1. The third-order valence-electron chi connectivity index (χ3n) is 3.69. The highest BCUT2D eigenvalue weighted by molar-refractivity contribution is 7.90. The summed E-state index contributed by atoms with van der Waals surface area (Å²) in [6.07, 6.45) is 0.318. The van der Waals surface area contributed by atoms with Crippen LogP contribution in [0.25, 0.3) is 10.2 Å². The van der Waals surface area contributed by atoms with E-state index in [1.54, 1.807) is 30.3 Å². The third kappa shape index (κ3) is 5.09. The molecule has 1 amide bonds. The highest BCUT2D eigenvalue weighted by Gasteiger charge is 2.14. The van der Waals surface area contributed by atoms with Crippen molar-refractivity contribution in [2.24, 2.45) is 0 Å². The maximum absolute atomic E-state index is 13.2. The Kier molecular flexibility index (Phi) is 5.63. The molecule has 3 rings (SSSR count). The van der Waals surface area contributed by atoms with Gasteiger partial charge in [-0.3, -0.25) is 4.79 Å². The molecule has 1 N–H and O–H groups in total. The summed E-state index contributed by atoms with van der Waals surface area (Å²) in [6.45, 7) is 0. The van der Waals surface area contributed by atoms with Crippen molar-refractivity contribution in [1.82, 2.24) is 4.98 Å². The third-order valence-corrected chi connectivity index (χ3v) is 6.30. The number of benzene rings is 2. The van der Waals surface area contributed by atoms with Gasteiger partial charge in [0.05, 0.1) is 21.7 Å². The number of nitrogens with one attached hydrogen (secondary N) is 1. The van der Waals surface area contributed by atoms with Crippen LogP contribution in [-0.2, 0) is 20.4 Å². The number of thiazole rings is 1. The quantitative estimate of drug-likeness (QED) is 0.664. The summed E-state index contributed by atoms with van der Waals surface area (Å²) in [4.78, 5) is 16.2. The van der Waals surface area contributed by atoms with E-state index in [4.69, 9.17) is 0 Å². The second-order valence-electron chi connectivity index (χ2n) is 5.86. The average Bonchev–Trinajstić information content (AvgIpc) is 2.96. The van der Waals surface area contributed by atoms with E-state index in [1.165, 1.54) is 23.5 Å². The highest BCUT2D eigenvalue weighted by Crippen LogP contribution is 2.26. The van der Waals surface area contributed by atoms with Gasteiger partial charge in [0, 0.05) is 6.42 Å². The van der Waals surface area contributed by atoms with Gasteiger partial charge in [-0.05, 0) is 30.2 Å². The number of aromatic nitrogens is 1. The Balaban J connectivity index is 1.50. The molecule has 0 fully saturated rings. The minimum atomic E-state index is -3.26. The van der Waals surface area contributed by atoms with E-state index < -0.39 is 9.84 Å². The zero-order valence-electron chi connectivity index (χ0n) is 13.8. The molecule has 136 valence electrons. The number of hydrogen-bond donors (Lipinski definition) is 1. The minimum Gasteiger partial charge on any atom is -0.302 e. The lowest BCUT2D eigenvalue weighted by atomic mass is 10.2. The summed E-state index contributed by atoms with van der Waals surface area (Å²) in [5.74, 6) is -0.749. The van der Waals surface area contributed by atoms with Crippen molar-refractivity contribution in [2.45, 2.75) is 18.6 Å². The Morgan fingerprint density at radius 2 is 1.92 bits per heavy atom. The number of rotatable bonds is 7. The van der Waals surface area contributed by atoms with Gasteiger partial charge < -0.3 is 5.32 Å². The van der Waals surface area contributed by atoms with E-state index in [1.807, 2.05) is 6.07 Å². The molecule has 0 saturated heterocycles. The van der Waals surface area contributed by atoms with E-state index in [0.29, 0.717) is 15.3 Å². The normalized spacial score (nSPS) is 11.6. The van der Waals surface area contributed by atoms with Crippen molar-refractivity contribution in [2.75, 3.05) is 11.1 Å². The predicted octanol–water partition coefficient (Wildman–Crippen LogP) is 3.77. The maximum atomic E-state index is 13.2. The lowest BCUT2D eigenvalue weighted by Gasteiger charge is -2.05. The van der Waals surface area contributed by atoms with Gasteiger partial charge in [-0.1, -0.05) is 41.7 Å². The number of carbonyl (C=O) groups is 1. The molecule has 1 heterocycles. The first-order valence-corrected chi connectivity index (χ1v) is 10.7. The highest BCUT2D eigenvalue weighted by atomic mass is 32.2. The van der Waals surface area contributed by atoms with E-state index >= 15 is 0 Å². The SMILES string of the molecule is O=C(CCCS(=O)(=O)Cc1ccccc1)Nc1nc2ccc(F)cc2s1. The van der Waals surface area contributed by atoms with Crippen LogP contribution >= 0.6 is 11.3 Å².